The van der Waals surface area contributed by atoms with Crippen LogP contribution in [0.4, 0.5) is 15.2 Å². The van der Waals surface area contributed by atoms with Gasteiger partial charge < -0.3 is 10.2 Å². The van der Waals surface area contributed by atoms with Gasteiger partial charge in [0.1, 0.15) is 5.82 Å². The molecule has 6 heteroatoms. The van der Waals surface area contributed by atoms with Crippen LogP contribution in [0.3, 0.4) is 0 Å². The minimum Gasteiger partial charge on any atom is -0.381 e. The Kier molecular flexibility index (Phi) is 5.17. The lowest BCUT2D eigenvalue weighted by Crippen LogP contribution is -2.41. The van der Waals surface area contributed by atoms with Crippen LogP contribution in [0.15, 0.2) is 30.5 Å². The summed E-state index contributed by atoms with van der Waals surface area (Å²) in [5, 5.41) is 4.73. The molecule has 0 unspecified atom stereocenters. The van der Waals surface area contributed by atoms with Crippen LogP contribution >= 0.6 is 11.3 Å². The summed E-state index contributed by atoms with van der Waals surface area (Å²) in [5.41, 5.74) is 1.00. The molecule has 0 saturated carbocycles. The van der Waals surface area contributed by atoms with Crippen molar-refractivity contribution in [3.8, 4) is 0 Å². The minimum absolute atomic E-state index is 0.185. The van der Waals surface area contributed by atoms with Gasteiger partial charge in [-0.2, -0.15) is 0 Å². The summed E-state index contributed by atoms with van der Waals surface area (Å²) in [6.45, 7) is 5.45. The van der Waals surface area contributed by atoms with E-state index in [1.807, 2.05) is 23.5 Å². The molecule has 1 aromatic carbocycles. The number of likely N-dealkylation sites (tertiary alicyclic amines) is 1. The fourth-order valence-corrected chi connectivity index (χ4v) is 4.75. The summed E-state index contributed by atoms with van der Waals surface area (Å²) in [7, 11) is 0. The maximum atomic E-state index is 13.0. The fourth-order valence-electron chi connectivity index (χ4n) is 3.74. The highest BCUT2D eigenvalue weighted by Gasteiger charge is 2.21. The molecule has 0 spiro atoms. The first kappa shape index (κ1) is 16.8. The Morgan fingerprint density at radius 1 is 1.12 bits per heavy atom. The molecule has 0 bridgehead atoms. The number of benzene rings is 1. The van der Waals surface area contributed by atoms with Crippen molar-refractivity contribution < 1.29 is 4.39 Å². The predicted octanol–water partition coefficient (Wildman–Crippen LogP) is 3.96. The number of anilines is 2. The SMILES string of the molecule is Fc1ccc(N[C@@H]2CCCN(Cc3cnc(N4CCCC4)s3)C2)cc1. The summed E-state index contributed by atoms with van der Waals surface area (Å²) in [6, 6.07) is 7.09. The van der Waals surface area contributed by atoms with Crippen molar-refractivity contribution in [2.75, 3.05) is 36.4 Å². The van der Waals surface area contributed by atoms with Gasteiger partial charge >= 0.3 is 0 Å². The zero-order valence-electron chi connectivity index (χ0n) is 14.5. The van der Waals surface area contributed by atoms with Crippen molar-refractivity contribution in [1.29, 1.82) is 0 Å². The molecular weight excluding hydrogens is 335 g/mol. The smallest absolute Gasteiger partial charge is 0.185 e. The number of hydrogen-bond donors (Lipinski definition) is 1. The van der Waals surface area contributed by atoms with Gasteiger partial charge in [-0.05, 0) is 56.5 Å². The van der Waals surface area contributed by atoms with Crippen molar-refractivity contribution in [2.24, 2.45) is 0 Å². The van der Waals surface area contributed by atoms with E-state index in [9.17, 15) is 4.39 Å². The van der Waals surface area contributed by atoms with Gasteiger partial charge in [0.15, 0.2) is 5.13 Å². The summed E-state index contributed by atoms with van der Waals surface area (Å²) in [5.74, 6) is -0.185. The first-order chi connectivity index (χ1) is 12.3. The topological polar surface area (TPSA) is 31.4 Å². The van der Waals surface area contributed by atoms with Crippen LogP contribution in [0, 0.1) is 5.82 Å². The standard InChI is InChI=1S/C19H25FN4S/c20-15-5-7-16(8-6-15)22-17-4-3-9-23(13-17)14-18-12-21-19(25-18)24-10-1-2-11-24/h5-8,12,17,22H,1-4,9-11,13-14H2/t17-/m1/s1. The molecule has 2 aliphatic rings. The molecule has 134 valence electrons. The van der Waals surface area contributed by atoms with Crippen molar-refractivity contribution in [2.45, 2.75) is 38.3 Å². The van der Waals surface area contributed by atoms with Crippen LogP contribution < -0.4 is 10.2 Å². The maximum absolute atomic E-state index is 13.0. The number of nitrogens with one attached hydrogen (secondary N) is 1. The number of rotatable bonds is 5. The third-order valence-electron chi connectivity index (χ3n) is 5.02. The Morgan fingerprint density at radius 2 is 1.92 bits per heavy atom. The molecule has 0 aliphatic carbocycles. The summed E-state index contributed by atoms with van der Waals surface area (Å²) >= 11 is 1.84. The number of piperidine rings is 1. The number of aromatic nitrogens is 1. The van der Waals surface area contributed by atoms with Crippen LogP contribution in [-0.2, 0) is 6.54 Å². The molecule has 1 aromatic heterocycles. The van der Waals surface area contributed by atoms with Gasteiger partial charge in [0.05, 0.1) is 0 Å². The lowest BCUT2D eigenvalue weighted by Gasteiger charge is -2.33. The fraction of sp³-hybridized carbons (Fsp3) is 0.526. The van der Waals surface area contributed by atoms with Crippen molar-refractivity contribution >= 4 is 22.2 Å². The number of nitrogens with zero attached hydrogens (tertiary/aromatic N) is 3. The van der Waals surface area contributed by atoms with E-state index in [1.165, 1.54) is 41.4 Å². The molecule has 1 N–H and O–H groups in total. The van der Waals surface area contributed by atoms with Gasteiger partial charge in [-0.1, -0.05) is 0 Å². The second-order valence-electron chi connectivity index (χ2n) is 7.03. The second-order valence-corrected chi connectivity index (χ2v) is 8.12. The van der Waals surface area contributed by atoms with E-state index < -0.39 is 0 Å². The highest BCUT2D eigenvalue weighted by molar-refractivity contribution is 7.15. The van der Waals surface area contributed by atoms with Crippen LogP contribution in [-0.4, -0.2) is 42.1 Å². The molecule has 2 fully saturated rings. The Labute approximate surface area is 152 Å². The molecule has 2 saturated heterocycles. The van der Waals surface area contributed by atoms with Crippen molar-refractivity contribution in [3.63, 3.8) is 0 Å². The van der Waals surface area contributed by atoms with Gasteiger partial charge in [-0.3, -0.25) is 4.90 Å². The summed E-state index contributed by atoms with van der Waals surface area (Å²) in [4.78, 5) is 10.9. The number of halogens is 1. The largest absolute Gasteiger partial charge is 0.381 e. The van der Waals surface area contributed by atoms with E-state index in [0.29, 0.717) is 6.04 Å². The van der Waals surface area contributed by atoms with Crippen LogP contribution in [0.2, 0.25) is 0 Å². The van der Waals surface area contributed by atoms with Crippen LogP contribution in [0.1, 0.15) is 30.6 Å². The molecule has 0 amide bonds. The molecule has 2 aliphatic heterocycles. The first-order valence-electron chi connectivity index (χ1n) is 9.20. The third-order valence-corrected chi connectivity index (χ3v) is 6.06. The molecular formula is C19H25FN4S. The predicted molar refractivity (Wildman–Crippen MR) is 102 cm³/mol. The maximum Gasteiger partial charge on any atom is 0.185 e. The Balaban J connectivity index is 1.32. The van der Waals surface area contributed by atoms with E-state index in [4.69, 9.17) is 0 Å². The Bertz CT molecular complexity index is 681. The second kappa shape index (κ2) is 7.70. The Morgan fingerprint density at radius 3 is 2.72 bits per heavy atom. The zero-order chi connectivity index (χ0) is 17.1. The quantitative estimate of drug-likeness (QED) is 0.875. The molecule has 25 heavy (non-hydrogen) atoms. The first-order valence-corrected chi connectivity index (χ1v) is 10.0. The van der Waals surface area contributed by atoms with Gasteiger partial charge in [-0.25, -0.2) is 9.37 Å². The van der Waals surface area contributed by atoms with E-state index in [2.05, 4.69) is 26.3 Å². The van der Waals surface area contributed by atoms with Gasteiger partial charge in [-0.15, -0.1) is 11.3 Å². The average Bonchev–Trinajstić information content (AvgIpc) is 3.29. The van der Waals surface area contributed by atoms with Crippen molar-refractivity contribution in [3.05, 3.63) is 41.2 Å². The molecule has 1 atom stereocenters. The van der Waals surface area contributed by atoms with Crippen LogP contribution in [0.5, 0.6) is 0 Å². The van der Waals surface area contributed by atoms with E-state index in [0.717, 1.165) is 44.8 Å². The normalized spacial score (nSPS) is 21.6. The molecule has 0 radical (unpaired) electrons. The zero-order valence-corrected chi connectivity index (χ0v) is 15.3. The molecule has 3 heterocycles. The van der Waals surface area contributed by atoms with Crippen molar-refractivity contribution in [1.82, 2.24) is 9.88 Å². The third kappa shape index (κ3) is 4.30. The van der Waals surface area contributed by atoms with Gasteiger partial charge in [0.2, 0.25) is 0 Å². The average molecular weight is 361 g/mol. The highest BCUT2D eigenvalue weighted by Crippen LogP contribution is 2.27. The van der Waals surface area contributed by atoms with Gasteiger partial charge in [0, 0.05) is 49.0 Å². The van der Waals surface area contributed by atoms with Crippen LogP contribution in [0.25, 0.3) is 0 Å². The van der Waals surface area contributed by atoms with Gasteiger partial charge in [0.25, 0.3) is 0 Å². The lowest BCUT2D eigenvalue weighted by molar-refractivity contribution is 0.210. The van der Waals surface area contributed by atoms with E-state index in [1.54, 1.807) is 0 Å². The summed E-state index contributed by atoms with van der Waals surface area (Å²) < 4.78 is 13.0. The molecule has 2 aromatic rings. The number of thiazole rings is 1. The summed E-state index contributed by atoms with van der Waals surface area (Å²) in [6.07, 6.45) is 6.98. The molecule has 4 rings (SSSR count). The van der Waals surface area contributed by atoms with E-state index >= 15 is 0 Å². The highest BCUT2D eigenvalue weighted by atomic mass is 32.1. The minimum atomic E-state index is -0.185. The van der Waals surface area contributed by atoms with E-state index in [-0.39, 0.29) is 5.82 Å². The monoisotopic (exact) mass is 360 g/mol. The number of hydrogen-bond acceptors (Lipinski definition) is 5. The Hall–Kier alpha value is -1.66. The lowest BCUT2D eigenvalue weighted by atomic mass is 10.1. The molecule has 4 nitrogen and oxygen atoms in total.